The zero-order valence-corrected chi connectivity index (χ0v) is 12.8. The van der Waals surface area contributed by atoms with Gasteiger partial charge in [-0.3, -0.25) is 0 Å². The molecule has 0 radical (unpaired) electrons. The Bertz CT molecular complexity index is 571. The fourth-order valence-electron chi connectivity index (χ4n) is 2.42. The van der Waals surface area contributed by atoms with Crippen LogP contribution in [0, 0.1) is 25.6 Å². The van der Waals surface area contributed by atoms with Crippen LogP contribution in [0.5, 0.6) is 0 Å². The Morgan fingerprint density at radius 3 is 2.45 bits per heavy atom. The molecule has 1 aliphatic rings. The van der Waals surface area contributed by atoms with Crippen LogP contribution in [0.1, 0.15) is 17.5 Å². The zero-order chi connectivity index (χ0) is 14.9. The number of ether oxygens (including phenoxy) is 1. The maximum absolute atomic E-state index is 13.6. The maximum atomic E-state index is 13.6. The van der Waals surface area contributed by atoms with Crippen molar-refractivity contribution in [3.8, 4) is 0 Å². The number of hydrogen-bond acceptors (Lipinski definition) is 3. The van der Waals surface area contributed by atoms with Crippen LogP contribution < -0.4 is 0 Å². The van der Waals surface area contributed by atoms with E-state index in [1.807, 2.05) is 0 Å². The van der Waals surface area contributed by atoms with Crippen molar-refractivity contribution < 1.29 is 17.5 Å². The van der Waals surface area contributed by atoms with Crippen molar-refractivity contribution in [1.82, 2.24) is 4.31 Å². The summed E-state index contributed by atoms with van der Waals surface area (Å²) >= 11 is 0. The first kappa shape index (κ1) is 15.4. The first-order valence-corrected chi connectivity index (χ1v) is 8.07. The van der Waals surface area contributed by atoms with Crippen LogP contribution in [0.2, 0.25) is 0 Å². The highest BCUT2D eigenvalue weighted by atomic mass is 32.2. The lowest BCUT2D eigenvalue weighted by Gasteiger charge is -2.20. The van der Waals surface area contributed by atoms with Gasteiger partial charge in [-0.15, -0.1) is 0 Å². The van der Waals surface area contributed by atoms with Gasteiger partial charge in [-0.25, -0.2) is 17.1 Å². The second kappa shape index (κ2) is 5.79. The Kier molecular flexibility index (Phi) is 4.46. The molecule has 4 nitrogen and oxygen atoms in total. The van der Waals surface area contributed by atoms with Crippen LogP contribution in [0.25, 0.3) is 0 Å². The number of aryl methyl sites for hydroxylation is 2. The van der Waals surface area contributed by atoms with E-state index in [1.54, 1.807) is 20.9 Å². The maximum Gasteiger partial charge on any atom is 0.242 e. The minimum absolute atomic E-state index is 0.148. The quantitative estimate of drug-likeness (QED) is 0.855. The van der Waals surface area contributed by atoms with E-state index >= 15 is 0 Å². The van der Waals surface area contributed by atoms with Crippen molar-refractivity contribution in [3.63, 3.8) is 0 Å². The number of nitrogens with zero attached hydrogens (tertiary/aromatic N) is 1. The fourth-order valence-corrected chi connectivity index (χ4v) is 3.84. The average molecular weight is 301 g/mol. The smallest absolute Gasteiger partial charge is 0.242 e. The van der Waals surface area contributed by atoms with Gasteiger partial charge >= 0.3 is 0 Å². The van der Waals surface area contributed by atoms with Crippen LogP contribution >= 0.6 is 0 Å². The molecule has 6 heteroatoms. The number of rotatable bonds is 4. The molecule has 1 aliphatic heterocycles. The van der Waals surface area contributed by atoms with Crippen molar-refractivity contribution in [2.75, 3.05) is 26.8 Å². The molecule has 1 fully saturated rings. The molecule has 1 heterocycles. The van der Waals surface area contributed by atoms with Crippen LogP contribution in [-0.2, 0) is 14.8 Å². The van der Waals surface area contributed by atoms with Crippen LogP contribution in [0.3, 0.4) is 0 Å². The summed E-state index contributed by atoms with van der Waals surface area (Å²) < 4.78 is 45.2. The van der Waals surface area contributed by atoms with Gasteiger partial charge in [0.15, 0.2) is 0 Å². The summed E-state index contributed by atoms with van der Waals surface area (Å²) in [5.41, 5.74) is 0.697. The normalized spacial score (nSPS) is 19.8. The van der Waals surface area contributed by atoms with Crippen molar-refractivity contribution >= 4 is 10.0 Å². The van der Waals surface area contributed by atoms with E-state index in [1.165, 1.54) is 16.4 Å². The monoisotopic (exact) mass is 301 g/mol. The fraction of sp³-hybridized carbons (Fsp3) is 0.571. The van der Waals surface area contributed by atoms with Crippen molar-refractivity contribution in [1.29, 1.82) is 0 Å². The molecule has 0 aromatic heterocycles. The van der Waals surface area contributed by atoms with Crippen LogP contribution in [-0.4, -0.2) is 39.5 Å². The summed E-state index contributed by atoms with van der Waals surface area (Å²) in [5.74, 6) is -0.117. The largest absolute Gasteiger partial charge is 0.381 e. The highest BCUT2D eigenvalue weighted by Crippen LogP contribution is 2.23. The molecule has 20 heavy (non-hydrogen) atoms. The van der Waals surface area contributed by atoms with Crippen LogP contribution in [0.4, 0.5) is 4.39 Å². The third-order valence-corrected chi connectivity index (χ3v) is 5.46. The van der Waals surface area contributed by atoms with E-state index in [9.17, 15) is 12.8 Å². The average Bonchev–Trinajstić information content (AvgIpc) is 2.88. The van der Waals surface area contributed by atoms with E-state index < -0.39 is 10.0 Å². The predicted octanol–water partition coefficient (Wildman–Crippen LogP) is 2.10. The van der Waals surface area contributed by atoms with Gasteiger partial charge in [0.25, 0.3) is 0 Å². The summed E-state index contributed by atoms with van der Waals surface area (Å²) in [4.78, 5) is 0.148. The van der Waals surface area contributed by atoms with Gasteiger partial charge in [-0.1, -0.05) is 0 Å². The van der Waals surface area contributed by atoms with Gasteiger partial charge < -0.3 is 4.74 Å². The summed E-state index contributed by atoms with van der Waals surface area (Å²) in [6.07, 6.45) is 0.876. The summed E-state index contributed by atoms with van der Waals surface area (Å²) in [7, 11) is -2.02. The minimum atomic E-state index is -3.58. The third kappa shape index (κ3) is 3.02. The topological polar surface area (TPSA) is 46.6 Å². The lowest BCUT2D eigenvalue weighted by molar-refractivity contribution is 0.182. The summed E-state index contributed by atoms with van der Waals surface area (Å²) in [6, 6.07) is 2.78. The molecule has 0 amide bonds. The first-order valence-electron chi connectivity index (χ1n) is 6.63. The Labute approximate surface area is 119 Å². The highest BCUT2D eigenvalue weighted by molar-refractivity contribution is 7.89. The molecule has 1 saturated heterocycles. The molecule has 2 rings (SSSR count). The molecule has 1 aromatic rings. The lowest BCUT2D eigenvalue weighted by atomic mass is 10.1. The van der Waals surface area contributed by atoms with Gasteiger partial charge in [0.1, 0.15) is 5.82 Å². The number of sulfonamides is 1. The highest BCUT2D eigenvalue weighted by Gasteiger charge is 2.26. The molecule has 0 saturated carbocycles. The van der Waals surface area contributed by atoms with Crippen LogP contribution in [0.15, 0.2) is 17.0 Å². The number of benzene rings is 1. The van der Waals surface area contributed by atoms with E-state index in [-0.39, 0.29) is 16.6 Å². The van der Waals surface area contributed by atoms with Gasteiger partial charge in [0.05, 0.1) is 11.5 Å². The van der Waals surface area contributed by atoms with E-state index in [4.69, 9.17) is 4.74 Å². The standard InChI is InChI=1S/C14H20FNO3S/c1-10-6-13(7-11(2)14(10)15)20(17,18)16(3)8-12-4-5-19-9-12/h6-7,12H,4-5,8-9H2,1-3H3. The molecule has 0 aliphatic carbocycles. The van der Waals surface area contributed by atoms with E-state index in [0.29, 0.717) is 30.9 Å². The van der Waals surface area contributed by atoms with Gasteiger partial charge in [-0.05, 0) is 49.4 Å². The molecule has 0 spiro atoms. The van der Waals surface area contributed by atoms with Gasteiger partial charge in [0, 0.05) is 20.2 Å². The zero-order valence-electron chi connectivity index (χ0n) is 12.0. The Balaban J connectivity index is 2.25. The molecule has 1 unspecified atom stereocenters. The third-order valence-electron chi connectivity index (χ3n) is 3.66. The summed E-state index contributed by atoms with van der Waals surface area (Å²) in [6.45, 7) is 4.87. The predicted molar refractivity (Wildman–Crippen MR) is 74.6 cm³/mol. The SMILES string of the molecule is Cc1cc(S(=O)(=O)N(C)CC2CCOC2)cc(C)c1F. The summed E-state index contributed by atoms with van der Waals surface area (Å²) in [5, 5.41) is 0. The Morgan fingerprint density at radius 2 is 1.95 bits per heavy atom. The van der Waals surface area contributed by atoms with Gasteiger partial charge in [0.2, 0.25) is 10.0 Å². The minimum Gasteiger partial charge on any atom is -0.381 e. The second-order valence-electron chi connectivity index (χ2n) is 5.39. The van der Waals surface area contributed by atoms with Crippen molar-refractivity contribution in [3.05, 3.63) is 29.1 Å². The van der Waals surface area contributed by atoms with Gasteiger partial charge in [-0.2, -0.15) is 0 Å². The Morgan fingerprint density at radius 1 is 1.35 bits per heavy atom. The molecule has 1 aromatic carbocycles. The molecule has 0 bridgehead atoms. The lowest BCUT2D eigenvalue weighted by Crippen LogP contribution is -2.32. The van der Waals surface area contributed by atoms with Crippen molar-refractivity contribution in [2.24, 2.45) is 5.92 Å². The number of halogens is 1. The molecule has 0 N–H and O–H groups in total. The first-order chi connectivity index (χ1) is 9.32. The molecular weight excluding hydrogens is 281 g/mol. The van der Waals surface area contributed by atoms with Crippen molar-refractivity contribution in [2.45, 2.75) is 25.2 Å². The Hall–Kier alpha value is -0.980. The second-order valence-corrected chi connectivity index (χ2v) is 7.43. The molecular formula is C14H20FNO3S. The van der Waals surface area contributed by atoms with E-state index in [0.717, 1.165) is 6.42 Å². The molecule has 1 atom stereocenters. The molecule has 112 valence electrons. The van der Waals surface area contributed by atoms with E-state index in [2.05, 4.69) is 0 Å². The number of hydrogen-bond donors (Lipinski definition) is 0.